The van der Waals surface area contributed by atoms with Crippen LogP contribution in [0.3, 0.4) is 0 Å². The molecule has 0 aliphatic rings. The summed E-state index contributed by atoms with van der Waals surface area (Å²) in [6, 6.07) is 21.3. The second-order valence-electron chi connectivity index (χ2n) is 6.91. The average molecular weight is 399 g/mol. The van der Waals surface area contributed by atoms with Crippen LogP contribution in [0, 0.1) is 6.92 Å². The molecule has 1 heterocycles. The lowest BCUT2D eigenvalue weighted by molar-refractivity contribution is 0.102. The van der Waals surface area contributed by atoms with Gasteiger partial charge in [0, 0.05) is 22.9 Å². The first-order valence-corrected chi connectivity index (χ1v) is 9.73. The second kappa shape index (κ2) is 8.25. The summed E-state index contributed by atoms with van der Waals surface area (Å²) in [5.74, 6) is 1.02. The predicted molar refractivity (Wildman–Crippen MR) is 118 cm³/mol. The SMILES string of the molecule is CCOc1ccc(-c2cc(=O)c3cc(NC(=O)c4ccccc4C)ccc3o2)cc1. The van der Waals surface area contributed by atoms with E-state index in [-0.39, 0.29) is 11.3 Å². The third-order valence-electron chi connectivity index (χ3n) is 4.82. The molecule has 0 radical (unpaired) electrons. The van der Waals surface area contributed by atoms with Crippen LogP contribution in [0.2, 0.25) is 0 Å². The summed E-state index contributed by atoms with van der Waals surface area (Å²) in [6.07, 6.45) is 0. The number of fused-ring (bicyclic) bond motifs is 1. The lowest BCUT2D eigenvalue weighted by Gasteiger charge is -2.09. The molecule has 0 spiro atoms. The van der Waals surface area contributed by atoms with Gasteiger partial charge in [0.15, 0.2) is 5.43 Å². The van der Waals surface area contributed by atoms with Crippen molar-refractivity contribution in [2.75, 3.05) is 11.9 Å². The third kappa shape index (κ3) is 3.96. The zero-order chi connectivity index (χ0) is 21.1. The van der Waals surface area contributed by atoms with Gasteiger partial charge in [0.1, 0.15) is 17.1 Å². The van der Waals surface area contributed by atoms with Crippen molar-refractivity contribution in [3.05, 3.63) is 94.1 Å². The van der Waals surface area contributed by atoms with Crippen LogP contribution < -0.4 is 15.5 Å². The predicted octanol–water partition coefficient (Wildman–Crippen LogP) is 5.42. The van der Waals surface area contributed by atoms with Crippen molar-refractivity contribution in [3.8, 4) is 17.1 Å². The largest absolute Gasteiger partial charge is 0.494 e. The van der Waals surface area contributed by atoms with Crippen molar-refractivity contribution in [2.45, 2.75) is 13.8 Å². The molecule has 5 nitrogen and oxygen atoms in total. The first kappa shape index (κ1) is 19.5. The highest BCUT2D eigenvalue weighted by Gasteiger charge is 2.11. The summed E-state index contributed by atoms with van der Waals surface area (Å²) in [4.78, 5) is 25.3. The monoisotopic (exact) mass is 399 g/mol. The van der Waals surface area contributed by atoms with Gasteiger partial charge in [-0.1, -0.05) is 18.2 Å². The Morgan fingerprint density at radius 1 is 1.00 bits per heavy atom. The zero-order valence-corrected chi connectivity index (χ0v) is 16.8. The summed E-state index contributed by atoms with van der Waals surface area (Å²) in [6.45, 7) is 4.40. The molecule has 1 amide bonds. The Bertz CT molecular complexity index is 1270. The molecule has 150 valence electrons. The van der Waals surface area contributed by atoms with Gasteiger partial charge in [-0.2, -0.15) is 0 Å². The lowest BCUT2D eigenvalue weighted by Crippen LogP contribution is -2.13. The van der Waals surface area contributed by atoms with Gasteiger partial charge in [0.2, 0.25) is 0 Å². The van der Waals surface area contributed by atoms with Crippen LogP contribution >= 0.6 is 0 Å². The highest BCUT2D eigenvalue weighted by atomic mass is 16.5. The fraction of sp³-hybridized carbons (Fsp3) is 0.120. The summed E-state index contributed by atoms with van der Waals surface area (Å²) < 4.78 is 11.4. The molecule has 0 unspecified atom stereocenters. The van der Waals surface area contributed by atoms with Crippen molar-refractivity contribution in [1.82, 2.24) is 0 Å². The molecule has 0 fully saturated rings. The zero-order valence-electron chi connectivity index (χ0n) is 16.8. The van der Waals surface area contributed by atoms with Crippen molar-refractivity contribution in [3.63, 3.8) is 0 Å². The summed E-state index contributed by atoms with van der Waals surface area (Å²) in [5, 5.41) is 3.26. The van der Waals surface area contributed by atoms with E-state index in [2.05, 4.69) is 5.32 Å². The van der Waals surface area contributed by atoms with E-state index in [9.17, 15) is 9.59 Å². The highest BCUT2D eigenvalue weighted by Crippen LogP contribution is 2.26. The fourth-order valence-corrected chi connectivity index (χ4v) is 3.28. The molecule has 0 saturated heterocycles. The molecule has 4 rings (SSSR count). The number of rotatable bonds is 5. The molecule has 4 aromatic rings. The number of aryl methyl sites for hydroxylation is 1. The van der Waals surface area contributed by atoms with E-state index in [1.54, 1.807) is 24.3 Å². The molecule has 1 aromatic heterocycles. The first-order chi connectivity index (χ1) is 14.5. The van der Waals surface area contributed by atoms with Gasteiger partial charge in [0.25, 0.3) is 5.91 Å². The smallest absolute Gasteiger partial charge is 0.255 e. The number of hydrogen-bond donors (Lipinski definition) is 1. The number of ether oxygens (including phenoxy) is 1. The van der Waals surface area contributed by atoms with Gasteiger partial charge < -0.3 is 14.5 Å². The Morgan fingerprint density at radius 3 is 2.50 bits per heavy atom. The Kier molecular flexibility index (Phi) is 5.35. The number of carbonyl (C=O) groups excluding carboxylic acids is 1. The topological polar surface area (TPSA) is 68.5 Å². The van der Waals surface area contributed by atoms with Crippen molar-refractivity contribution in [2.24, 2.45) is 0 Å². The molecule has 5 heteroatoms. The summed E-state index contributed by atoms with van der Waals surface area (Å²) >= 11 is 0. The molecule has 0 atom stereocenters. The van der Waals surface area contributed by atoms with E-state index < -0.39 is 0 Å². The molecule has 3 aromatic carbocycles. The van der Waals surface area contributed by atoms with Crippen molar-refractivity contribution >= 4 is 22.6 Å². The van der Waals surface area contributed by atoms with Crippen LogP contribution in [0.4, 0.5) is 5.69 Å². The quantitative estimate of drug-likeness (QED) is 0.487. The van der Waals surface area contributed by atoms with Gasteiger partial charge in [-0.05, 0) is 67.9 Å². The average Bonchev–Trinajstić information content (AvgIpc) is 2.75. The summed E-state index contributed by atoms with van der Waals surface area (Å²) in [5.41, 5.74) is 3.09. The van der Waals surface area contributed by atoms with E-state index in [1.807, 2.05) is 56.3 Å². The maximum Gasteiger partial charge on any atom is 0.255 e. The van der Waals surface area contributed by atoms with Crippen LogP contribution in [0.25, 0.3) is 22.3 Å². The molecular formula is C25H21NO4. The summed E-state index contributed by atoms with van der Waals surface area (Å²) in [7, 11) is 0. The minimum absolute atomic E-state index is 0.174. The molecule has 0 aliphatic heterocycles. The van der Waals surface area contributed by atoms with Gasteiger partial charge in [-0.25, -0.2) is 0 Å². The van der Waals surface area contributed by atoms with Crippen molar-refractivity contribution in [1.29, 1.82) is 0 Å². The normalized spacial score (nSPS) is 10.7. The van der Waals surface area contributed by atoms with E-state index >= 15 is 0 Å². The van der Waals surface area contributed by atoms with Gasteiger partial charge in [-0.3, -0.25) is 9.59 Å². The second-order valence-corrected chi connectivity index (χ2v) is 6.91. The number of hydrogen-bond acceptors (Lipinski definition) is 4. The molecule has 0 bridgehead atoms. The number of nitrogens with one attached hydrogen (secondary N) is 1. The molecule has 0 aliphatic carbocycles. The molecule has 1 N–H and O–H groups in total. The number of benzene rings is 3. The van der Waals surface area contributed by atoms with E-state index in [1.165, 1.54) is 6.07 Å². The van der Waals surface area contributed by atoms with Crippen LogP contribution in [-0.4, -0.2) is 12.5 Å². The molecule has 0 saturated carbocycles. The highest BCUT2D eigenvalue weighted by molar-refractivity contribution is 6.06. The van der Waals surface area contributed by atoms with Gasteiger partial charge in [0.05, 0.1) is 12.0 Å². The van der Waals surface area contributed by atoms with Gasteiger partial charge in [-0.15, -0.1) is 0 Å². The first-order valence-electron chi connectivity index (χ1n) is 9.73. The Hall–Kier alpha value is -3.86. The van der Waals surface area contributed by atoms with E-state index in [0.717, 1.165) is 16.9 Å². The van der Waals surface area contributed by atoms with Crippen LogP contribution in [0.5, 0.6) is 5.75 Å². The fourth-order valence-electron chi connectivity index (χ4n) is 3.28. The van der Waals surface area contributed by atoms with Crippen LogP contribution in [0.15, 0.2) is 82.0 Å². The van der Waals surface area contributed by atoms with Crippen LogP contribution in [0.1, 0.15) is 22.8 Å². The number of amides is 1. The number of carbonyl (C=O) groups is 1. The van der Waals surface area contributed by atoms with Crippen LogP contribution in [-0.2, 0) is 0 Å². The van der Waals surface area contributed by atoms with Gasteiger partial charge >= 0.3 is 0 Å². The minimum Gasteiger partial charge on any atom is -0.494 e. The standard InChI is InChI=1S/C25H21NO4/c1-3-29-19-11-8-17(9-12-19)24-15-22(27)21-14-18(10-13-23(21)30-24)26-25(28)20-7-5-4-6-16(20)2/h4-15H,3H2,1-2H3,(H,26,28). The Labute approximate surface area is 173 Å². The third-order valence-corrected chi connectivity index (χ3v) is 4.82. The maximum atomic E-state index is 12.7. The minimum atomic E-state index is -0.220. The Morgan fingerprint density at radius 2 is 1.77 bits per heavy atom. The maximum absolute atomic E-state index is 12.7. The number of anilines is 1. The lowest BCUT2D eigenvalue weighted by atomic mass is 10.1. The molecule has 30 heavy (non-hydrogen) atoms. The van der Waals surface area contributed by atoms with E-state index in [4.69, 9.17) is 9.15 Å². The molecular weight excluding hydrogens is 378 g/mol. The Balaban J connectivity index is 1.63. The van der Waals surface area contributed by atoms with E-state index in [0.29, 0.717) is 34.6 Å². The van der Waals surface area contributed by atoms with Crippen molar-refractivity contribution < 1.29 is 13.9 Å².